The molecule has 0 aliphatic rings. The SMILES string of the molecule is Nc1cnc(Nc2cccc3ccncc23)s1. The third-order valence-electron chi connectivity index (χ3n) is 2.45. The van der Waals surface area contributed by atoms with Gasteiger partial charge in [0.1, 0.15) is 5.00 Å². The number of benzene rings is 1. The summed E-state index contributed by atoms with van der Waals surface area (Å²) >= 11 is 1.43. The maximum Gasteiger partial charge on any atom is 0.189 e. The van der Waals surface area contributed by atoms with Gasteiger partial charge in [-0.25, -0.2) is 4.98 Å². The molecular weight excluding hydrogens is 232 g/mol. The number of anilines is 3. The van der Waals surface area contributed by atoms with E-state index in [9.17, 15) is 0 Å². The van der Waals surface area contributed by atoms with Crippen LogP contribution >= 0.6 is 11.3 Å². The summed E-state index contributed by atoms with van der Waals surface area (Å²) in [7, 11) is 0. The second kappa shape index (κ2) is 4.03. The Morgan fingerprint density at radius 1 is 1.18 bits per heavy atom. The van der Waals surface area contributed by atoms with Gasteiger partial charge in [-0.15, -0.1) is 0 Å². The zero-order valence-electron chi connectivity index (χ0n) is 8.92. The van der Waals surface area contributed by atoms with Crippen LogP contribution in [0.25, 0.3) is 10.8 Å². The number of hydrogen-bond acceptors (Lipinski definition) is 5. The number of fused-ring (bicyclic) bond motifs is 1. The number of hydrogen-bond donors (Lipinski definition) is 2. The fourth-order valence-electron chi connectivity index (χ4n) is 1.68. The van der Waals surface area contributed by atoms with Gasteiger partial charge < -0.3 is 11.1 Å². The lowest BCUT2D eigenvalue weighted by atomic mass is 10.1. The van der Waals surface area contributed by atoms with Gasteiger partial charge in [0.15, 0.2) is 5.13 Å². The van der Waals surface area contributed by atoms with Gasteiger partial charge in [0, 0.05) is 23.5 Å². The summed E-state index contributed by atoms with van der Waals surface area (Å²) < 4.78 is 0. The number of rotatable bonds is 2. The molecule has 0 radical (unpaired) electrons. The summed E-state index contributed by atoms with van der Waals surface area (Å²) in [5.41, 5.74) is 6.64. The smallest absolute Gasteiger partial charge is 0.189 e. The van der Waals surface area contributed by atoms with E-state index in [2.05, 4.69) is 21.4 Å². The van der Waals surface area contributed by atoms with Crippen molar-refractivity contribution in [3.05, 3.63) is 42.9 Å². The first-order chi connectivity index (χ1) is 8.33. The van der Waals surface area contributed by atoms with Crippen LogP contribution in [0.3, 0.4) is 0 Å². The van der Waals surface area contributed by atoms with E-state index in [4.69, 9.17) is 5.73 Å². The van der Waals surface area contributed by atoms with Crippen molar-refractivity contribution in [1.82, 2.24) is 9.97 Å². The van der Waals surface area contributed by atoms with Crippen LogP contribution in [-0.2, 0) is 0 Å². The van der Waals surface area contributed by atoms with Crippen LogP contribution < -0.4 is 11.1 Å². The number of nitrogens with one attached hydrogen (secondary N) is 1. The lowest BCUT2D eigenvalue weighted by Crippen LogP contribution is -1.90. The molecule has 0 aliphatic heterocycles. The van der Waals surface area contributed by atoms with Crippen LogP contribution in [0.4, 0.5) is 15.8 Å². The van der Waals surface area contributed by atoms with Gasteiger partial charge in [0.05, 0.1) is 6.20 Å². The molecule has 0 saturated carbocycles. The molecule has 0 amide bonds. The summed E-state index contributed by atoms with van der Waals surface area (Å²) in [5.74, 6) is 0. The minimum Gasteiger partial charge on any atom is -0.389 e. The molecule has 0 aliphatic carbocycles. The van der Waals surface area contributed by atoms with E-state index < -0.39 is 0 Å². The van der Waals surface area contributed by atoms with Crippen molar-refractivity contribution in [2.45, 2.75) is 0 Å². The van der Waals surface area contributed by atoms with Crippen LogP contribution in [0.5, 0.6) is 0 Å². The van der Waals surface area contributed by atoms with Gasteiger partial charge in [-0.2, -0.15) is 0 Å². The molecule has 0 spiro atoms. The van der Waals surface area contributed by atoms with Crippen molar-refractivity contribution in [3.63, 3.8) is 0 Å². The minimum absolute atomic E-state index is 0.700. The fraction of sp³-hybridized carbons (Fsp3) is 0. The molecule has 3 rings (SSSR count). The molecule has 0 saturated heterocycles. The van der Waals surface area contributed by atoms with Crippen molar-refractivity contribution in [3.8, 4) is 0 Å². The van der Waals surface area contributed by atoms with Crippen molar-refractivity contribution >= 4 is 37.9 Å². The van der Waals surface area contributed by atoms with E-state index >= 15 is 0 Å². The second-order valence-electron chi connectivity index (χ2n) is 3.60. The summed E-state index contributed by atoms with van der Waals surface area (Å²) in [6, 6.07) is 8.04. The molecule has 3 N–H and O–H groups in total. The highest BCUT2D eigenvalue weighted by Crippen LogP contribution is 2.28. The van der Waals surface area contributed by atoms with Crippen LogP contribution in [-0.4, -0.2) is 9.97 Å². The van der Waals surface area contributed by atoms with E-state index in [1.54, 1.807) is 12.4 Å². The molecule has 5 heteroatoms. The van der Waals surface area contributed by atoms with Gasteiger partial charge in [-0.1, -0.05) is 23.5 Å². The maximum atomic E-state index is 5.65. The standard InChI is InChI=1S/C12H10N4S/c13-11-7-15-12(17-11)16-10-3-1-2-8-4-5-14-6-9(8)10/h1-7H,13H2,(H,15,16). The van der Waals surface area contributed by atoms with Crippen molar-refractivity contribution in [1.29, 1.82) is 0 Å². The highest BCUT2D eigenvalue weighted by molar-refractivity contribution is 7.19. The lowest BCUT2D eigenvalue weighted by Gasteiger charge is -2.06. The van der Waals surface area contributed by atoms with Crippen molar-refractivity contribution in [2.24, 2.45) is 0 Å². The van der Waals surface area contributed by atoms with E-state index in [0.717, 1.165) is 21.6 Å². The Bertz CT molecular complexity index is 657. The topological polar surface area (TPSA) is 63.8 Å². The Labute approximate surface area is 102 Å². The monoisotopic (exact) mass is 242 g/mol. The third-order valence-corrected chi connectivity index (χ3v) is 3.19. The normalized spacial score (nSPS) is 10.6. The molecule has 84 valence electrons. The van der Waals surface area contributed by atoms with E-state index in [1.165, 1.54) is 11.3 Å². The van der Waals surface area contributed by atoms with E-state index in [1.807, 2.05) is 24.4 Å². The Morgan fingerprint density at radius 2 is 2.12 bits per heavy atom. The Morgan fingerprint density at radius 3 is 2.94 bits per heavy atom. The Balaban J connectivity index is 2.05. The molecule has 0 unspecified atom stereocenters. The van der Waals surface area contributed by atoms with E-state index in [0.29, 0.717) is 5.00 Å². The number of nitrogens with two attached hydrogens (primary N) is 1. The van der Waals surface area contributed by atoms with Gasteiger partial charge in [0.2, 0.25) is 0 Å². The third kappa shape index (κ3) is 1.92. The lowest BCUT2D eigenvalue weighted by molar-refractivity contribution is 1.36. The summed E-state index contributed by atoms with van der Waals surface area (Å²) in [6.07, 6.45) is 5.28. The predicted octanol–water partition coefficient (Wildman–Crippen LogP) is 3.02. The second-order valence-corrected chi connectivity index (χ2v) is 4.66. The predicted molar refractivity (Wildman–Crippen MR) is 71.6 cm³/mol. The molecule has 0 fully saturated rings. The molecule has 17 heavy (non-hydrogen) atoms. The fourth-order valence-corrected chi connectivity index (χ4v) is 2.28. The van der Waals surface area contributed by atoms with Crippen LogP contribution in [0.1, 0.15) is 0 Å². The van der Waals surface area contributed by atoms with E-state index in [-0.39, 0.29) is 0 Å². The molecular formula is C12H10N4S. The molecule has 3 aromatic rings. The van der Waals surface area contributed by atoms with Crippen LogP contribution in [0.2, 0.25) is 0 Å². The van der Waals surface area contributed by atoms with Crippen molar-refractivity contribution in [2.75, 3.05) is 11.1 Å². The van der Waals surface area contributed by atoms with Crippen LogP contribution in [0.15, 0.2) is 42.9 Å². The molecule has 2 aromatic heterocycles. The Hall–Kier alpha value is -2.14. The summed E-state index contributed by atoms with van der Waals surface area (Å²) in [5, 5.41) is 6.97. The zero-order chi connectivity index (χ0) is 11.7. The highest BCUT2D eigenvalue weighted by atomic mass is 32.1. The zero-order valence-corrected chi connectivity index (χ0v) is 9.74. The van der Waals surface area contributed by atoms with Gasteiger partial charge in [-0.05, 0) is 17.5 Å². The summed E-state index contributed by atoms with van der Waals surface area (Å²) in [4.78, 5) is 8.32. The van der Waals surface area contributed by atoms with Gasteiger partial charge in [0.25, 0.3) is 0 Å². The first-order valence-electron chi connectivity index (χ1n) is 5.14. The first-order valence-corrected chi connectivity index (χ1v) is 5.95. The quantitative estimate of drug-likeness (QED) is 0.725. The average Bonchev–Trinajstić information content (AvgIpc) is 2.75. The molecule has 0 atom stereocenters. The number of aromatic nitrogens is 2. The average molecular weight is 242 g/mol. The Kier molecular flexibility index (Phi) is 2.38. The van der Waals surface area contributed by atoms with Crippen molar-refractivity contribution < 1.29 is 0 Å². The van der Waals surface area contributed by atoms with Crippen LogP contribution in [0, 0.1) is 0 Å². The first kappa shape index (κ1) is 10.0. The van der Waals surface area contributed by atoms with Gasteiger partial charge >= 0.3 is 0 Å². The number of nitrogens with zero attached hydrogens (tertiary/aromatic N) is 2. The van der Waals surface area contributed by atoms with Gasteiger partial charge in [-0.3, -0.25) is 4.98 Å². The maximum absolute atomic E-state index is 5.65. The molecule has 4 nitrogen and oxygen atoms in total. The number of thiazole rings is 1. The largest absolute Gasteiger partial charge is 0.389 e. The number of nitrogen functional groups attached to an aromatic ring is 1. The molecule has 2 heterocycles. The number of pyridine rings is 1. The highest BCUT2D eigenvalue weighted by Gasteiger charge is 2.03. The minimum atomic E-state index is 0.700. The molecule has 0 bridgehead atoms. The summed E-state index contributed by atoms with van der Waals surface area (Å²) in [6.45, 7) is 0. The molecule has 1 aromatic carbocycles.